The fourth-order valence-corrected chi connectivity index (χ4v) is 2.72. The summed E-state index contributed by atoms with van der Waals surface area (Å²) in [5.74, 6) is 0. The van der Waals surface area contributed by atoms with Gasteiger partial charge in [-0.15, -0.1) is 0 Å². The number of aliphatic hydroxyl groups excluding tert-OH is 2. The van der Waals surface area contributed by atoms with Crippen LogP contribution in [0.3, 0.4) is 0 Å². The molecule has 22 heavy (non-hydrogen) atoms. The van der Waals surface area contributed by atoms with E-state index >= 15 is 0 Å². The van der Waals surface area contributed by atoms with Crippen LogP contribution in [-0.2, 0) is 13.2 Å². The number of hydrogen-bond donors (Lipinski definition) is 2. The second-order valence-corrected chi connectivity index (χ2v) is 5.21. The van der Waals surface area contributed by atoms with E-state index in [1.807, 2.05) is 54.6 Å². The van der Waals surface area contributed by atoms with Crippen molar-refractivity contribution in [2.75, 3.05) is 0 Å². The normalized spacial score (nSPS) is 10.6. The summed E-state index contributed by atoms with van der Waals surface area (Å²) in [5, 5.41) is 19.3. The Morgan fingerprint density at radius 2 is 1.18 bits per heavy atom. The Kier molecular flexibility index (Phi) is 4.33. The van der Waals surface area contributed by atoms with E-state index in [2.05, 4.69) is 18.2 Å². The van der Waals surface area contributed by atoms with Crippen LogP contribution >= 0.6 is 0 Å². The first-order chi connectivity index (χ1) is 10.8. The molecule has 0 aliphatic carbocycles. The minimum Gasteiger partial charge on any atom is -0.392 e. The van der Waals surface area contributed by atoms with Gasteiger partial charge in [0.2, 0.25) is 0 Å². The van der Waals surface area contributed by atoms with Gasteiger partial charge in [0, 0.05) is 0 Å². The molecular weight excluding hydrogens is 272 g/mol. The maximum atomic E-state index is 9.75. The third-order valence-electron chi connectivity index (χ3n) is 3.86. The van der Waals surface area contributed by atoms with Crippen LogP contribution in [0.25, 0.3) is 22.3 Å². The molecule has 0 saturated carbocycles. The molecule has 0 heterocycles. The lowest BCUT2D eigenvalue weighted by Crippen LogP contribution is -1.95. The van der Waals surface area contributed by atoms with Crippen LogP contribution in [-0.4, -0.2) is 10.2 Å². The van der Waals surface area contributed by atoms with Gasteiger partial charge in [-0.2, -0.15) is 0 Å². The zero-order valence-electron chi connectivity index (χ0n) is 12.2. The van der Waals surface area contributed by atoms with Crippen molar-refractivity contribution in [3.63, 3.8) is 0 Å². The molecule has 0 radical (unpaired) electrons. The van der Waals surface area contributed by atoms with Crippen LogP contribution in [0.5, 0.6) is 0 Å². The van der Waals surface area contributed by atoms with Gasteiger partial charge in [-0.3, -0.25) is 0 Å². The first-order valence-electron chi connectivity index (χ1n) is 7.32. The average molecular weight is 290 g/mol. The zero-order valence-corrected chi connectivity index (χ0v) is 12.2. The summed E-state index contributed by atoms with van der Waals surface area (Å²) in [5.41, 5.74) is 5.86. The maximum absolute atomic E-state index is 9.75. The Morgan fingerprint density at radius 3 is 1.91 bits per heavy atom. The molecule has 3 aromatic rings. The summed E-state index contributed by atoms with van der Waals surface area (Å²) < 4.78 is 0. The van der Waals surface area contributed by atoms with Crippen molar-refractivity contribution in [3.05, 3.63) is 83.9 Å². The van der Waals surface area contributed by atoms with Crippen molar-refractivity contribution in [2.45, 2.75) is 13.2 Å². The van der Waals surface area contributed by atoms with Crippen molar-refractivity contribution in [2.24, 2.45) is 0 Å². The number of rotatable bonds is 4. The van der Waals surface area contributed by atoms with Crippen LogP contribution in [0.15, 0.2) is 72.8 Å². The largest absolute Gasteiger partial charge is 0.392 e. The van der Waals surface area contributed by atoms with E-state index < -0.39 is 0 Å². The summed E-state index contributed by atoms with van der Waals surface area (Å²) in [7, 11) is 0. The van der Waals surface area contributed by atoms with Gasteiger partial charge >= 0.3 is 0 Å². The van der Waals surface area contributed by atoms with Gasteiger partial charge < -0.3 is 10.2 Å². The Labute approximate surface area is 130 Å². The van der Waals surface area contributed by atoms with Gasteiger partial charge in [0.05, 0.1) is 13.2 Å². The van der Waals surface area contributed by atoms with Crippen LogP contribution in [0.2, 0.25) is 0 Å². The quantitative estimate of drug-likeness (QED) is 0.762. The molecule has 2 heteroatoms. The fourth-order valence-electron chi connectivity index (χ4n) is 2.72. The van der Waals surface area contributed by atoms with Gasteiger partial charge in [-0.25, -0.2) is 0 Å². The molecule has 0 unspecified atom stereocenters. The molecule has 0 aliphatic heterocycles. The van der Waals surface area contributed by atoms with E-state index in [0.29, 0.717) is 0 Å². The van der Waals surface area contributed by atoms with Crippen LogP contribution in [0.1, 0.15) is 11.1 Å². The zero-order chi connectivity index (χ0) is 15.4. The summed E-state index contributed by atoms with van der Waals surface area (Å²) >= 11 is 0. The molecule has 0 fully saturated rings. The monoisotopic (exact) mass is 290 g/mol. The molecule has 0 aliphatic rings. The highest BCUT2D eigenvalue weighted by atomic mass is 16.3. The molecule has 3 rings (SSSR count). The Balaban J connectivity index is 2.10. The molecular formula is C20H18O2. The standard InChI is InChI=1S/C20H18O2/c21-13-17-8-4-5-9-19(17)20-11-10-16(12-18(20)14-22)15-6-2-1-3-7-15/h1-12,21-22H,13-14H2. The van der Waals surface area contributed by atoms with Gasteiger partial charge in [-0.05, 0) is 39.4 Å². The van der Waals surface area contributed by atoms with Crippen molar-refractivity contribution in [3.8, 4) is 22.3 Å². The highest BCUT2D eigenvalue weighted by molar-refractivity contribution is 5.75. The molecule has 0 spiro atoms. The van der Waals surface area contributed by atoms with Gasteiger partial charge in [0.15, 0.2) is 0 Å². The second-order valence-electron chi connectivity index (χ2n) is 5.21. The minimum atomic E-state index is -0.0320. The lowest BCUT2D eigenvalue weighted by Gasteiger charge is -2.13. The van der Waals surface area contributed by atoms with E-state index in [9.17, 15) is 10.2 Å². The van der Waals surface area contributed by atoms with Crippen molar-refractivity contribution < 1.29 is 10.2 Å². The predicted octanol–water partition coefficient (Wildman–Crippen LogP) is 4.01. The number of benzene rings is 3. The SMILES string of the molecule is OCc1ccccc1-c1ccc(-c2ccccc2)cc1CO. The van der Waals surface area contributed by atoms with E-state index in [1.165, 1.54) is 0 Å². The second kappa shape index (κ2) is 6.56. The summed E-state index contributed by atoms with van der Waals surface area (Å²) in [6.07, 6.45) is 0. The summed E-state index contributed by atoms with van der Waals surface area (Å²) in [4.78, 5) is 0. The first kappa shape index (κ1) is 14.5. The van der Waals surface area contributed by atoms with Gasteiger partial charge in [0.1, 0.15) is 0 Å². The van der Waals surface area contributed by atoms with Gasteiger partial charge in [-0.1, -0.05) is 66.7 Å². The van der Waals surface area contributed by atoms with Crippen molar-refractivity contribution >= 4 is 0 Å². The summed E-state index contributed by atoms with van der Waals surface area (Å²) in [6.45, 7) is -0.0444. The van der Waals surface area contributed by atoms with Crippen LogP contribution in [0, 0.1) is 0 Å². The molecule has 0 bridgehead atoms. The lowest BCUT2D eigenvalue weighted by molar-refractivity contribution is 0.280. The molecule has 0 saturated heterocycles. The lowest BCUT2D eigenvalue weighted by atomic mass is 9.93. The Morgan fingerprint density at radius 1 is 0.545 bits per heavy atom. The smallest absolute Gasteiger partial charge is 0.0688 e. The molecule has 2 N–H and O–H groups in total. The van der Waals surface area contributed by atoms with Gasteiger partial charge in [0.25, 0.3) is 0 Å². The van der Waals surface area contributed by atoms with E-state index in [0.717, 1.165) is 33.4 Å². The predicted molar refractivity (Wildman–Crippen MR) is 89.2 cm³/mol. The molecule has 110 valence electrons. The third kappa shape index (κ3) is 2.80. The minimum absolute atomic E-state index is 0.0124. The van der Waals surface area contributed by atoms with Crippen LogP contribution < -0.4 is 0 Å². The van der Waals surface area contributed by atoms with E-state index in [1.54, 1.807) is 0 Å². The number of hydrogen-bond acceptors (Lipinski definition) is 2. The highest BCUT2D eigenvalue weighted by Crippen LogP contribution is 2.31. The molecule has 0 amide bonds. The highest BCUT2D eigenvalue weighted by Gasteiger charge is 2.10. The molecule has 2 nitrogen and oxygen atoms in total. The van der Waals surface area contributed by atoms with E-state index in [4.69, 9.17) is 0 Å². The average Bonchev–Trinajstić information content (AvgIpc) is 2.62. The maximum Gasteiger partial charge on any atom is 0.0688 e. The van der Waals surface area contributed by atoms with E-state index in [-0.39, 0.29) is 13.2 Å². The van der Waals surface area contributed by atoms with Crippen molar-refractivity contribution in [1.29, 1.82) is 0 Å². The Bertz CT molecular complexity index is 764. The molecule has 0 atom stereocenters. The summed E-state index contributed by atoms with van der Waals surface area (Å²) in [6, 6.07) is 23.9. The van der Waals surface area contributed by atoms with Crippen LogP contribution in [0.4, 0.5) is 0 Å². The third-order valence-corrected chi connectivity index (χ3v) is 3.86. The topological polar surface area (TPSA) is 40.5 Å². The molecule has 0 aromatic heterocycles. The Hall–Kier alpha value is -2.42. The fraction of sp³-hybridized carbons (Fsp3) is 0.100. The first-order valence-corrected chi connectivity index (χ1v) is 7.32. The van der Waals surface area contributed by atoms with Crippen molar-refractivity contribution in [1.82, 2.24) is 0 Å². The number of aliphatic hydroxyl groups is 2. The molecule has 3 aromatic carbocycles.